The van der Waals surface area contributed by atoms with Crippen molar-refractivity contribution in [2.24, 2.45) is 0 Å². The monoisotopic (exact) mass is 410 g/mol. The van der Waals surface area contributed by atoms with E-state index in [0.717, 1.165) is 33.8 Å². The summed E-state index contributed by atoms with van der Waals surface area (Å²) in [5.41, 5.74) is 5.80. The zero-order valence-electron chi connectivity index (χ0n) is 17.3. The standard InChI is InChI=1S/C26H22N2O3/c1-18-8-10-20(11-9-18)25-17-24(23(16-26(29)30)19-6-4-3-5-7-19)27-28(25)21-12-14-22(31-2)15-13-21/h3-17H,1-2H3,(H,29,30)/b23-16+. The molecule has 154 valence electrons. The fourth-order valence-corrected chi connectivity index (χ4v) is 3.41. The maximum absolute atomic E-state index is 11.6. The molecular formula is C26H22N2O3. The minimum absolute atomic E-state index is 0.550. The van der Waals surface area contributed by atoms with Gasteiger partial charge in [-0.1, -0.05) is 60.2 Å². The van der Waals surface area contributed by atoms with Gasteiger partial charge in [0.15, 0.2) is 0 Å². The van der Waals surface area contributed by atoms with Crippen LogP contribution in [-0.4, -0.2) is 28.0 Å². The third-order valence-corrected chi connectivity index (χ3v) is 5.00. The molecule has 5 nitrogen and oxygen atoms in total. The molecule has 1 N–H and O–H groups in total. The first kappa shape index (κ1) is 20.2. The first-order valence-electron chi connectivity index (χ1n) is 9.87. The van der Waals surface area contributed by atoms with Gasteiger partial charge in [0, 0.05) is 17.2 Å². The Morgan fingerprint density at radius 1 is 0.968 bits per heavy atom. The molecule has 0 aliphatic heterocycles. The van der Waals surface area contributed by atoms with Gasteiger partial charge in [-0.2, -0.15) is 5.10 Å². The van der Waals surface area contributed by atoms with Crippen LogP contribution in [0.15, 0.2) is 91.0 Å². The van der Waals surface area contributed by atoms with Crippen LogP contribution in [0.2, 0.25) is 0 Å². The van der Waals surface area contributed by atoms with Crippen molar-refractivity contribution in [2.45, 2.75) is 6.92 Å². The minimum atomic E-state index is -1.02. The van der Waals surface area contributed by atoms with Gasteiger partial charge in [-0.15, -0.1) is 0 Å². The van der Waals surface area contributed by atoms with E-state index < -0.39 is 5.97 Å². The van der Waals surface area contributed by atoms with Gasteiger partial charge in [-0.3, -0.25) is 0 Å². The van der Waals surface area contributed by atoms with Crippen LogP contribution >= 0.6 is 0 Å². The average molecular weight is 410 g/mol. The SMILES string of the molecule is COc1ccc(-n2nc(/C(=C/C(=O)O)c3ccccc3)cc2-c2ccc(C)cc2)cc1. The van der Waals surface area contributed by atoms with Crippen LogP contribution in [0, 0.1) is 6.92 Å². The van der Waals surface area contributed by atoms with E-state index in [2.05, 4.69) is 0 Å². The predicted molar refractivity (Wildman–Crippen MR) is 121 cm³/mol. The van der Waals surface area contributed by atoms with E-state index in [-0.39, 0.29) is 0 Å². The van der Waals surface area contributed by atoms with Gasteiger partial charge in [0.1, 0.15) is 5.75 Å². The quantitative estimate of drug-likeness (QED) is 0.434. The van der Waals surface area contributed by atoms with Crippen LogP contribution in [0.1, 0.15) is 16.8 Å². The summed E-state index contributed by atoms with van der Waals surface area (Å²) in [6, 6.07) is 27.1. The Hall–Kier alpha value is -4.12. The minimum Gasteiger partial charge on any atom is -0.497 e. The zero-order valence-corrected chi connectivity index (χ0v) is 17.3. The third kappa shape index (κ3) is 4.41. The molecule has 4 rings (SSSR count). The molecule has 1 aromatic heterocycles. The number of hydrogen-bond donors (Lipinski definition) is 1. The van der Waals surface area contributed by atoms with Crippen LogP contribution in [0.25, 0.3) is 22.5 Å². The summed E-state index contributed by atoms with van der Waals surface area (Å²) in [5, 5.41) is 14.3. The van der Waals surface area contributed by atoms with Crippen LogP contribution in [0.5, 0.6) is 5.75 Å². The van der Waals surface area contributed by atoms with Gasteiger partial charge in [0.25, 0.3) is 0 Å². The number of aliphatic carboxylic acids is 1. The molecule has 0 bridgehead atoms. The van der Waals surface area contributed by atoms with E-state index >= 15 is 0 Å². The largest absolute Gasteiger partial charge is 0.497 e. The fraction of sp³-hybridized carbons (Fsp3) is 0.0769. The molecule has 0 atom stereocenters. The van der Waals surface area contributed by atoms with E-state index in [1.165, 1.54) is 6.08 Å². The molecule has 0 aliphatic rings. The number of carbonyl (C=O) groups is 1. The number of methoxy groups -OCH3 is 1. The van der Waals surface area contributed by atoms with Crippen LogP contribution in [0.3, 0.4) is 0 Å². The summed E-state index contributed by atoms with van der Waals surface area (Å²) in [6.07, 6.45) is 1.20. The first-order valence-corrected chi connectivity index (χ1v) is 9.87. The number of carboxylic acid groups (broad SMARTS) is 1. The van der Waals surface area contributed by atoms with Crippen molar-refractivity contribution in [3.63, 3.8) is 0 Å². The van der Waals surface area contributed by atoms with Gasteiger partial charge in [-0.05, 0) is 42.8 Å². The molecule has 0 spiro atoms. The Balaban J connectivity index is 1.91. The predicted octanol–water partition coefficient (Wildman–Crippen LogP) is 5.37. The van der Waals surface area contributed by atoms with E-state index in [9.17, 15) is 9.90 Å². The second-order valence-corrected chi connectivity index (χ2v) is 7.15. The Bertz CT molecular complexity index is 1220. The molecule has 3 aromatic carbocycles. The van der Waals surface area contributed by atoms with Crippen molar-refractivity contribution in [3.05, 3.63) is 108 Å². The smallest absolute Gasteiger partial charge is 0.329 e. The van der Waals surface area contributed by atoms with Gasteiger partial charge in [0.2, 0.25) is 0 Å². The average Bonchev–Trinajstić information content (AvgIpc) is 3.23. The van der Waals surface area contributed by atoms with Crippen LogP contribution in [-0.2, 0) is 4.79 Å². The van der Waals surface area contributed by atoms with Crippen molar-refractivity contribution >= 4 is 11.5 Å². The van der Waals surface area contributed by atoms with Crippen molar-refractivity contribution in [1.82, 2.24) is 9.78 Å². The van der Waals surface area contributed by atoms with Crippen molar-refractivity contribution in [1.29, 1.82) is 0 Å². The number of rotatable bonds is 6. The molecular weight excluding hydrogens is 388 g/mol. The van der Waals surface area contributed by atoms with Gasteiger partial charge < -0.3 is 9.84 Å². The molecule has 0 amide bonds. The molecule has 4 aromatic rings. The molecule has 5 heteroatoms. The number of aromatic nitrogens is 2. The van der Waals surface area contributed by atoms with Crippen molar-refractivity contribution in [2.75, 3.05) is 7.11 Å². The summed E-state index contributed by atoms with van der Waals surface area (Å²) in [4.78, 5) is 11.6. The lowest BCUT2D eigenvalue weighted by Gasteiger charge is -2.09. The molecule has 0 radical (unpaired) electrons. The van der Waals surface area contributed by atoms with Crippen molar-refractivity contribution < 1.29 is 14.6 Å². The fourth-order valence-electron chi connectivity index (χ4n) is 3.41. The molecule has 1 heterocycles. The maximum atomic E-state index is 11.6. The summed E-state index contributed by atoms with van der Waals surface area (Å²) in [7, 11) is 1.63. The number of benzene rings is 3. The summed E-state index contributed by atoms with van der Waals surface area (Å²) >= 11 is 0. The lowest BCUT2D eigenvalue weighted by atomic mass is 10.0. The van der Waals surface area contributed by atoms with Gasteiger partial charge >= 0.3 is 5.97 Å². The Labute approximate surface area is 180 Å². The lowest BCUT2D eigenvalue weighted by Crippen LogP contribution is -2.01. The number of aryl methyl sites for hydroxylation is 1. The zero-order chi connectivity index (χ0) is 21.8. The molecule has 0 unspecified atom stereocenters. The van der Waals surface area contributed by atoms with E-state index in [4.69, 9.17) is 9.84 Å². The normalized spacial score (nSPS) is 11.4. The van der Waals surface area contributed by atoms with E-state index in [0.29, 0.717) is 11.3 Å². The lowest BCUT2D eigenvalue weighted by molar-refractivity contribution is -0.131. The highest BCUT2D eigenvalue weighted by Crippen LogP contribution is 2.30. The molecule has 0 saturated carbocycles. The Morgan fingerprint density at radius 2 is 1.65 bits per heavy atom. The second-order valence-electron chi connectivity index (χ2n) is 7.15. The Morgan fingerprint density at radius 3 is 2.26 bits per heavy atom. The third-order valence-electron chi connectivity index (χ3n) is 5.00. The van der Waals surface area contributed by atoms with Crippen molar-refractivity contribution in [3.8, 4) is 22.7 Å². The highest BCUT2D eigenvalue weighted by molar-refractivity contribution is 5.95. The summed E-state index contributed by atoms with van der Waals surface area (Å²) in [6.45, 7) is 2.04. The molecule has 0 aliphatic carbocycles. The number of carboxylic acids is 1. The first-order chi connectivity index (χ1) is 15.0. The number of ether oxygens (including phenoxy) is 1. The second kappa shape index (κ2) is 8.71. The summed E-state index contributed by atoms with van der Waals surface area (Å²) in [5.74, 6) is -0.265. The highest BCUT2D eigenvalue weighted by atomic mass is 16.5. The molecule has 0 fully saturated rings. The molecule has 31 heavy (non-hydrogen) atoms. The topological polar surface area (TPSA) is 64.4 Å². The number of nitrogens with zero attached hydrogens (tertiary/aromatic N) is 2. The van der Waals surface area contributed by atoms with Gasteiger partial charge in [-0.25, -0.2) is 9.48 Å². The van der Waals surface area contributed by atoms with Crippen LogP contribution < -0.4 is 4.74 Å². The summed E-state index contributed by atoms with van der Waals surface area (Å²) < 4.78 is 7.11. The van der Waals surface area contributed by atoms with E-state index in [1.807, 2.05) is 96.5 Å². The molecule has 0 saturated heterocycles. The van der Waals surface area contributed by atoms with E-state index in [1.54, 1.807) is 7.11 Å². The number of hydrogen-bond acceptors (Lipinski definition) is 3. The highest BCUT2D eigenvalue weighted by Gasteiger charge is 2.17. The van der Waals surface area contributed by atoms with Gasteiger partial charge in [0.05, 0.1) is 24.2 Å². The van der Waals surface area contributed by atoms with Crippen LogP contribution in [0.4, 0.5) is 0 Å². The Kier molecular flexibility index (Phi) is 5.67. The maximum Gasteiger partial charge on any atom is 0.329 e.